The van der Waals surface area contributed by atoms with E-state index < -0.39 is 29.2 Å². The van der Waals surface area contributed by atoms with Gasteiger partial charge in [0.1, 0.15) is 11.6 Å². The fourth-order valence-corrected chi connectivity index (χ4v) is 4.77. The van der Waals surface area contributed by atoms with Crippen molar-refractivity contribution < 1.29 is 23.9 Å². The van der Waals surface area contributed by atoms with Gasteiger partial charge in [0.25, 0.3) is 5.91 Å². The van der Waals surface area contributed by atoms with Gasteiger partial charge < -0.3 is 21.5 Å². The van der Waals surface area contributed by atoms with Crippen LogP contribution in [-0.2, 0) is 20.7 Å². The first-order valence-electron chi connectivity index (χ1n) is 10.4. The summed E-state index contributed by atoms with van der Waals surface area (Å²) in [5.41, 5.74) is 10.7. The van der Waals surface area contributed by atoms with Gasteiger partial charge >= 0.3 is 5.97 Å². The molecule has 170 valence electrons. The van der Waals surface area contributed by atoms with Crippen LogP contribution in [0.2, 0.25) is 0 Å². The van der Waals surface area contributed by atoms with E-state index >= 15 is 0 Å². The Balaban J connectivity index is 1.78. The lowest BCUT2D eigenvalue weighted by atomic mass is 10.0. The molecular formula is C23H27N3O5S. The molecule has 1 aromatic carbocycles. The van der Waals surface area contributed by atoms with Crippen LogP contribution in [0.15, 0.2) is 30.3 Å². The van der Waals surface area contributed by atoms with Crippen LogP contribution in [0.1, 0.15) is 65.1 Å². The van der Waals surface area contributed by atoms with Crippen molar-refractivity contribution in [2.45, 2.75) is 57.6 Å². The second kappa shape index (κ2) is 9.52. The van der Waals surface area contributed by atoms with Gasteiger partial charge in [0, 0.05) is 15.3 Å². The maximum absolute atomic E-state index is 12.9. The zero-order chi connectivity index (χ0) is 23.5. The third-order valence-electron chi connectivity index (χ3n) is 5.33. The molecule has 1 heterocycles. The van der Waals surface area contributed by atoms with Crippen LogP contribution in [0.5, 0.6) is 0 Å². The molecular weight excluding hydrogens is 430 g/mol. The summed E-state index contributed by atoms with van der Waals surface area (Å²) in [5.74, 6) is -2.11. The van der Waals surface area contributed by atoms with Gasteiger partial charge in [-0.2, -0.15) is 0 Å². The second-order valence-corrected chi connectivity index (χ2v) is 9.56. The summed E-state index contributed by atoms with van der Waals surface area (Å²) in [5, 5.41) is 2.74. The van der Waals surface area contributed by atoms with Crippen LogP contribution in [0.25, 0.3) is 10.4 Å². The maximum atomic E-state index is 12.9. The molecule has 0 bridgehead atoms. The first-order valence-corrected chi connectivity index (χ1v) is 11.2. The average molecular weight is 458 g/mol. The van der Waals surface area contributed by atoms with Crippen LogP contribution in [0, 0.1) is 0 Å². The van der Waals surface area contributed by atoms with E-state index in [1.54, 1.807) is 44.2 Å². The number of nitrogens with two attached hydrogens (primary N) is 2. The Kier molecular flexibility index (Phi) is 6.98. The van der Waals surface area contributed by atoms with E-state index in [9.17, 15) is 19.2 Å². The standard InChI is InChI=1S/C23H27N3O5S/c1-23(2,22(30)31-15-8-3-4-9-15)26-21(29)14-7-5-6-13(10-14)17-11-16(20(25)28)18(32-17)12-19(24)27/h5-7,10-11,15H,3-4,8-9,12H2,1-2H3,(H2,24,27)(H2,25,28)(H,26,29). The largest absolute Gasteiger partial charge is 0.461 e. The highest BCUT2D eigenvalue weighted by Gasteiger charge is 2.34. The summed E-state index contributed by atoms with van der Waals surface area (Å²) < 4.78 is 5.54. The Morgan fingerprint density at radius 3 is 2.44 bits per heavy atom. The summed E-state index contributed by atoms with van der Waals surface area (Å²) in [6.45, 7) is 3.22. The minimum Gasteiger partial charge on any atom is -0.461 e. The molecule has 2 aromatic rings. The third kappa shape index (κ3) is 5.53. The Bertz CT molecular complexity index is 1050. The van der Waals surface area contributed by atoms with Gasteiger partial charge in [0.05, 0.1) is 12.0 Å². The van der Waals surface area contributed by atoms with Gasteiger partial charge in [-0.25, -0.2) is 4.79 Å². The number of benzene rings is 1. The number of amides is 3. The summed E-state index contributed by atoms with van der Waals surface area (Å²) in [6.07, 6.45) is 3.60. The molecule has 1 aromatic heterocycles. The number of rotatable bonds is 8. The SMILES string of the molecule is CC(C)(NC(=O)c1cccc(-c2cc(C(N)=O)c(CC(N)=O)s2)c1)C(=O)OC1CCCC1. The highest BCUT2D eigenvalue weighted by molar-refractivity contribution is 7.16. The molecule has 3 amide bonds. The molecule has 0 saturated heterocycles. The van der Waals surface area contributed by atoms with E-state index in [1.165, 1.54) is 11.3 Å². The normalized spacial score (nSPS) is 14.2. The van der Waals surface area contributed by atoms with Gasteiger partial charge in [0.15, 0.2) is 0 Å². The molecule has 1 fully saturated rings. The lowest BCUT2D eigenvalue weighted by Gasteiger charge is -2.26. The van der Waals surface area contributed by atoms with Gasteiger partial charge in [-0.05, 0) is 63.3 Å². The molecule has 0 atom stereocenters. The van der Waals surface area contributed by atoms with E-state index in [0.717, 1.165) is 25.7 Å². The Hall–Kier alpha value is -3.20. The Morgan fingerprint density at radius 2 is 1.81 bits per heavy atom. The second-order valence-electron chi connectivity index (χ2n) is 8.43. The monoisotopic (exact) mass is 457 g/mol. The topological polar surface area (TPSA) is 142 Å². The van der Waals surface area contributed by atoms with Crippen molar-refractivity contribution >= 4 is 35.0 Å². The molecule has 32 heavy (non-hydrogen) atoms. The molecule has 5 N–H and O–H groups in total. The van der Waals surface area contributed by atoms with E-state index in [0.29, 0.717) is 20.9 Å². The van der Waals surface area contributed by atoms with Crippen molar-refractivity contribution in [1.82, 2.24) is 5.32 Å². The predicted octanol–water partition coefficient (Wildman–Crippen LogP) is 2.54. The smallest absolute Gasteiger partial charge is 0.331 e. The number of primary amides is 2. The molecule has 1 saturated carbocycles. The van der Waals surface area contributed by atoms with Gasteiger partial charge in [-0.15, -0.1) is 11.3 Å². The molecule has 0 unspecified atom stereocenters. The fraction of sp³-hybridized carbons (Fsp3) is 0.391. The number of carbonyl (C=O) groups is 4. The number of thiophene rings is 1. The summed E-state index contributed by atoms with van der Waals surface area (Å²) in [7, 11) is 0. The summed E-state index contributed by atoms with van der Waals surface area (Å²) in [4.78, 5) is 49.6. The van der Waals surface area contributed by atoms with Crippen molar-refractivity contribution in [3.05, 3.63) is 46.3 Å². The number of esters is 1. The van der Waals surface area contributed by atoms with E-state index in [-0.39, 0.29) is 18.1 Å². The van der Waals surface area contributed by atoms with Crippen molar-refractivity contribution in [2.75, 3.05) is 0 Å². The highest BCUT2D eigenvalue weighted by atomic mass is 32.1. The van der Waals surface area contributed by atoms with Crippen molar-refractivity contribution in [3.63, 3.8) is 0 Å². The van der Waals surface area contributed by atoms with E-state index in [1.807, 2.05) is 0 Å². The first-order chi connectivity index (χ1) is 15.1. The lowest BCUT2D eigenvalue weighted by molar-refractivity contribution is -0.155. The molecule has 1 aliphatic rings. The summed E-state index contributed by atoms with van der Waals surface area (Å²) in [6, 6.07) is 8.35. The Morgan fingerprint density at radius 1 is 1.12 bits per heavy atom. The van der Waals surface area contributed by atoms with Crippen molar-refractivity contribution in [1.29, 1.82) is 0 Å². The van der Waals surface area contributed by atoms with Crippen LogP contribution in [-0.4, -0.2) is 35.3 Å². The maximum Gasteiger partial charge on any atom is 0.331 e. The minimum atomic E-state index is -1.19. The molecule has 9 heteroatoms. The lowest BCUT2D eigenvalue weighted by Crippen LogP contribution is -2.51. The van der Waals surface area contributed by atoms with Crippen molar-refractivity contribution in [2.24, 2.45) is 11.5 Å². The number of ether oxygens (including phenoxy) is 1. The summed E-state index contributed by atoms with van der Waals surface area (Å²) >= 11 is 1.22. The van der Waals surface area contributed by atoms with Gasteiger partial charge in [-0.3, -0.25) is 14.4 Å². The Labute approximate surface area is 190 Å². The van der Waals surface area contributed by atoms with E-state index in [2.05, 4.69) is 5.32 Å². The average Bonchev–Trinajstić information content (AvgIpc) is 3.37. The quantitative estimate of drug-likeness (QED) is 0.522. The first kappa shape index (κ1) is 23.5. The minimum absolute atomic E-state index is 0.0881. The zero-order valence-electron chi connectivity index (χ0n) is 18.1. The molecule has 0 radical (unpaired) electrons. The molecule has 0 aliphatic heterocycles. The highest BCUT2D eigenvalue weighted by Crippen LogP contribution is 2.32. The van der Waals surface area contributed by atoms with Crippen LogP contribution < -0.4 is 16.8 Å². The van der Waals surface area contributed by atoms with Gasteiger partial charge in [0.2, 0.25) is 11.8 Å². The number of carbonyl (C=O) groups excluding carboxylic acids is 4. The van der Waals surface area contributed by atoms with E-state index in [4.69, 9.17) is 16.2 Å². The van der Waals surface area contributed by atoms with Crippen LogP contribution in [0.4, 0.5) is 0 Å². The third-order valence-corrected chi connectivity index (χ3v) is 6.51. The number of hydrogen-bond acceptors (Lipinski definition) is 6. The molecule has 0 spiro atoms. The molecule has 1 aliphatic carbocycles. The predicted molar refractivity (Wildman–Crippen MR) is 121 cm³/mol. The van der Waals surface area contributed by atoms with Crippen molar-refractivity contribution in [3.8, 4) is 10.4 Å². The van der Waals surface area contributed by atoms with Gasteiger partial charge in [-0.1, -0.05) is 12.1 Å². The number of hydrogen-bond donors (Lipinski definition) is 3. The molecule has 8 nitrogen and oxygen atoms in total. The van der Waals surface area contributed by atoms with Crippen LogP contribution >= 0.6 is 11.3 Å². The van der Waals surface area contributed by atoms with Crippen LogP contribution in [0.3, 0.4) is 0 Å². The number of nitrogens with one attached hydrogen (secondary N) is 1. The fourth-order valence-electron chi connectivity index (χ4n) is 3.59. The zero-order valence-corrected chi connectivity index (χ0v) is 18.9. The molecule has 3 rings (SSSR count).